The van der Waals surface area contributed by atoms with Crippen LogP contribution in [-0.4, -0.2) is 31.0 Å². The van der Waals surface area contributed by atoms with Crippen molar-refractivity contribution in [1.82, 2.24) is 0 Å². The molecule has 0 spiro atoms. The van der Waals surface area contributed by atoms with E-state index in [9.17, 15) is 5.11 Å². The maximum Gasteiger partial charge on any atom is 0.138 e. The maximum absolute atomic E-state index is 9.62. The number of aliphatic hydroxyl groups excluding tert-OH is 1. The highest BCUT2D eigenvalue weighted by atomic mass is 35.5. The molecule has 1 aromatic carbocycles. The molecule has 4 nitrogen and oxygen atoms in total. The van der Waals surface area contributed by atoms with E-state index in [-0.39, 0.29) is 12.6 Å². The van der Waals surface area contributed by atoms with E-state index in [1.165, 1.54) is 0 Å². The number of hydrogen-bond donors (Lipinski definition) is 2. The molecule has 100 valence electrons. The number of nitrogens with two attached hydrogens (primary N) is 1. The lowest BCUT2D eigenvalue weighted by Crippen LogP contribution is -2.28. The number of ether oxygens (including phenoxy) is 2. The summed E-state index contributed by atoms with van der Waals surface area (Å²) in [6, 6.07) is 5.24. The molecule has 1 aliphatic heterocycles. The third kappa shape index (κ3) is 3.36. The highest BCUT2D eigenvalue weighted by Gasteiger charge is 2.17. The van der Waals surface area contributed by atoms with Crippen LogP contribution in [0, 0.1) is 0 Å². The number of hydrogen-bond acceptors (Lipinski definition) is 4. The number of aliphatic hydroxyl groups is 1. The van der Waals surface area contributed by atoms with Crippen molar-refractivity contribution in [3.8, 4) is 5.75 Å². The normalized spacial score (nSPS) is 21.6. The van der Waals surface area contributed by atoms with Gasteiger partial charge in [-0.05, 0) is 30.5 Å². The van der Waals surface area contributed by atoms with Crippen LogP contribution in [0.4, 0.5) is 0 Å². The monoisotopic (exact) mass is 271 g/mol. The van der Waals surface area contributed by atoms with Crippen LogP contribution in [-0.2, 0) is 4.74 Å². The Morgan fingerprint density at radius 3 is 3.00 bits per heavy atom. The van der Waals surface area contributed by atoms with E-state index in [1.807, 2.05) is 0 Å². The van der Waals surface area contributed by atoms with Gasteiger partial charge in [-0.15, -0.1) is 0 Å². The molecule has 3 N–H and O–H groups in total. The minimum Gasteiger partial charge on any atom is -0.486 e. The second-order valence-corrected chi connectivity index (χ2v) is 4.81. The Bertz CT molecular complexity index is 394. The summed E-state index contributed by atoms with van der Waals surface area (Å²) < 4.78 is 11.1. The Morgan fingerprint density at radius 2 is 2.39 bits per heavy atom. The van der Waals surface area contributed by atoms with Gasteiger partial charge in [0, 0.05) is 13.2 Å². The lowest BCUT2D eigenvalue weighted by atomic mass is 10.1. The van der Waals surface area contributed by atoms with Crippen molar-refractivity contribution in [2.75, 3.05) is 19.8 Å². The molecular formula is C13H18ClNO3. The van der Waals surface area contributed by atoms with Crippen molar-refractivity contribution in [2.24, 2.45) is 5.73 Å². The Balaban J connectivity index is 2.04. The predicted octanol–water partition coefficient (Wildman–Crippen LogP) is 1.89. The fourth-order valence-electron chi connectivity index (χ4n) is 1.94. The van der Waals surface area contributed by atoms with Crippen molar-refractivity contribution in [2.45, 2.75) is 25.0 Å². The second-order valence-electron chi connectivity index (χ2n) is 4.40. The van der Waals surface area contributed by atoms with Crippen LogP contribution in [0.2, 0.25) is 5.02 Å². The Labute approximate surface area is 112 Å². The average molecular weight is 272 g/mol. The van der Waals surface area contributed by atoms with Gasteiger partial charge in [0.1, 0.15) is 11.9 Å². The summed E-state index contributed by atoms with van der Waals surface area (Å²) in [5, 5.41) is 10.1. The standard InChI is InChI=1S/C13H18ClNO3/c14-11-6-9(12(16)7-15)3-4-13(11)18-10-2-1-5-17-8-10/h3-4,6,10,12,16H,1-2,5,7-8,15H2. The maximum atomic E-state index is 9.62. The predicted molar refractivity (Wildman–Crippen MR) is 69.9 cm³/mol. The summed E-state index contributed by atoms with van der Waals surface area (Å²) in [5.41, 5.74) is 6.10. The zero-order valence-corrected chi connectivity index (χ0v) is 10.9. The van der Waals surface area contributed by atoms with E-state index in [2.05, 4.69) is 0 Å². The van der Waals surface area contributed by atoms with Crippen LogP contribution in [0.1, 0.15) is 24.5 Å². The van der Waals surface area contributed by atoms with Gasteiger partial charge in [0.2, 0.25) is 0 Å². The van der Waals surface area contributed by atoms with Crippen LogP contribution < -0.4 is 10.5 Å². The molecule has 0 radical (unpaired) electrons. The van der Waals surface area contributed by atoms with E-state index in [4.69, 9.17) is 26.8 Å². The first-order chi connectivity index (χ1) is 8.70. The zero-order chi connectivity index (χ0) is 13.0. The quantitative estimate of drug-likeness (QED) is 0.878. The van der Waals surface area contributed by atoms with Gasteiger partial charge in [-0.1, -0.05) is 17.7 Å². The van der Waals surface area contributed by atoms with Crippen molar-refractivity contribution in [3.05, 3.63) is 28.8 Å². The minimum atomic E-state index is -0.686. The minimum absolute atomic E-state index is 0.0570. The van der Waals surface area contributed by atoms with Crippen molar-refractivity contribution >= 4 is 11.6 Å². The van der Waals surface area contributed by atoms with Crippen LogP contribution in [0.3, 0.4) is 0 Å². The van der Waals surface area contributed by atoms with Crippen LogP contribution >= 0.6 is 11.6 Å². The smallest absolute Gasteiger partial charge is 0.138 e. The Morgan fingerprint density at radius 1 is 1.56 bits per heavy atom. The molecule has 1 aromatic rings. The zero-order valence-electron chi connectivity index (χ0n) is 10.1. The van der Waals surface area contributed by atoms with E-state index < -0.39 is 6.10 Å². The Kier molecular flexibility index (Phi) is 4.83. The fraction of sp³-hybridized carbons (Fsp3) is 0.538. The highest BCUT2D eigenvalue weighted by Crippen LogP contribution is 2.29. The first-order valence-corrected chi connectivity index (χ1v) is 6.50. The summed E-state index contributed by atoms with van der Waals surface area (Å²) in [5.74, 6) is 0.625. The third-order valence-electron chi connectivity index (χ3n) is 2.98. The molecule has 1 saturated heterocycles. The fourth-order valence-corrected chi connectivity index (χ4v) is 2.17. The van der Waals surface area contributed by atoms with Gasteiger partial charge < -0.3 is 20.3 Å². The van der Waals surface area contributed by atoms with E-state index >= 15 is 0 Å². The van der Waals surface area contributed by atoms with Crippen LogP contribution in [0.5, 0.6) is 5.75 Å². The molecule has 1 heterocycles. The molecule has 0 amide bonds. The molecule has 1 fully saturated rings. The summed E-state index contributed by atoms with van der Waals surface area (Å²) in [7, 11) is 0. The highest BCUT2D eigenvalue weighted by molar-refractivity contribution is 6.32. The van der Waals surface area contributed by atoms with E-state index in [1.54, 1.807) is 18.2 Å². The van der Waals surface area contributed by atoms with Gasteiger partial charge >= 0.3 is 0 Å². The van der Waals surface area contributed by atoms with Gasteiger partial charge in [0.25, 0.3) is 0 Å². The molecular weight excluding hydrogens is 254 g/mol. The summed E-state index contributed by atoms with van der Waals surface area (Å²) >= 11 is 6.13. The molecule has 0 aliphatic carbocycles. The van der Waals surface area contributed by atoms with Gasteiger partial charge in [0.15, 0.2) is 0 Å². The molecule has 0 bridgehead atoms. The van der Waals surface area contributed by atoms with Gasteiger partial charge in [-0.3, -0.25) is 0 Å². The van der Waals surface area contributed by atoms with Crippen LogP contribution in [0.25, 0.3) is 0 Å². The molecule has 0 saturated carbocycles. The van der Waals surface area contributed by atoms with Crippen molar-refractivity contribution in [3.63, 3.8) is 0 Å². The molecule has 2 unspecified atom stereocenters. The number of halogens is 1. The summed E-state index contributed by atoms with van der Waals surface area (Å²) in [6.45, 7) is 1.58. The first-order valence-electron chi connectivity index (χ1n) is 6.12. The molecule has 2 rings (SSSR count). The summed E-state index contributed by atoms with van der Waals surface area (Å²) in [4.78, 5) is 0. The number of rotatable bonds is 4. The Hall–Kier alpha value is -0.810. The van der Waals surface area contributed by atoms with Gasteiger partial charge in [-0.2, -0.15) is 0 Å². The molecule has 5 heteroatoms. The lowest BCUT2D eigenvalue weighted by Gasteiger charge is -2.24. The van der Waals surface area contributed by atoms with Crippen LogP contribution in [0.15, 0.2) is 18.2 Å². The van der Waals surface area contributed by atoms with Gasteiger partial charge in [0.05, 0.1) is 17.7 Å². The molecule has 2 atom stereocenters. The largest absolute Gasteiger partial charge is 0.486 e. The van der Waals surface area contributed by atoms with Crippen molar-refractivity contribution < 1.29 is 14.6 Å². The molecule has 18 heavy (non-hydrogen) atoms. The van der Waals surface area contributed by atoms with E-state index in [0.29, 0.717) is 22.9 Å². The average Bonchev–Trinajstić information content (AvgIpc) is 2.41. The number of benzene rings is 1. The topological polar surface area (TPSA) is 64.7 Å². The van der Waals surface area contributed by atoms with Crippen molar-refractivity contribution in [1.29, 1.82) is 0 Å². The summed E-state index contributed by atoms with van der Waals surface area (Å²) in [6.07, 6.45) is 1.35. The van der Waals surface area contributed by atoms with Gasteiger partial charge in [-0.25, -0.2) is 0 Å². The third-order valence-corrected chi connectivity index (χ3v) is 3.27. The lowest BCUT2D eigenvalue weighted by molar-refractivity contribution is 0.00745. The second kappa shape index (κ2) is 6.38. The molecule has 0 aromatic heterocycles. The first kappa shape index (κ1) is 13.6. The molecule has 1 aliphatic rings. The van der Waals surface area contributed by atoms with E-state index in [0.717, 1.165) is 19.4 Å². The SMILES string of the molecule is NCC(O)c1ccc(OC2CCCOC2)c(Cl)c1.